The van der Waals surface area contributed by atoms with Gasteiger partial charge in [0.15, 0.2) is 0 Å². The van der Waals surface area contributed by atoms with Crippen molar-refractivity contribution in [2.75, 3.05) is 10.6 Å². The van der Waals surface area contributed by atoms with Gasteiger partial charge in [0.25, 0.3) is 0 Å². The largest absolute Gasteiger partial charge is 0.465 e. The SMILES string of the molecule is CCCCCC(=O)CC(=O)Nc1cc(CCCCC)ccc1NC(=O)O. The number of rotatable bonds is 12. The maximum Gasteiger partial charge on any atom is 0.409 e. The molecule has 0 unspecified atom stereocenters. The van der Waals surface area contributed by atoms with E-state index >= 15 is 0 Å². The first-order chi connectivity index (χ1) is 12.5. The number of nitrogens with one attached hydrogen (secondary N) is 2. The van der Waals surface area contributed by atoms with Gasteiger partial charge in [-0.05, 0) is 37.0 Å². The monoisotopic (exact) mass is 362 g/mol. The number of ketones is 1. The molecule has 0 fully saturated rings. The molecular weight excluding hydrogens is 332 g/mol. The summed E-state index contributed by atoms with van der Waals surface area (Å²) in [7, 11) is 0. The van der Waals surface area contributed by atoms with Crippen LogP contribution in [0.15, 0.2) is 18.2 Å². The number of aryl methyl sites for hydroxylation is 1. The molecule has 0 aliphatic carbocycles. The zero-order valence-corrected chi connectivity index (χ0v) is 15.8. The van der Waals surface area contributed by atoms with Crippen molar-refractivity contribution in [3.63, 3.8) is 0 Å². The van der Waals surface area contributed by atoms with E-state index in [2.05, 4.69) is 24.5 Å². The minimum absolute atomic E-state index is 0.0946. The third-order valence-electron chi connectivity index (χ3n) is 4.09. The van der Waals surface area contributed by atoms with Gasteiger partial charge in [-0.25, -0.2) is 4.79 Å². The van der Waals surface area contributed by atoms with Crippen LogP contribution in [0.3, 0.4) is 0 Å². The Bertz CT molecular complexity index is 614. The first-order valence-electron chi connectivity index (χ1n) is 9.40. The number of carboxylic acid groups (broad SMARTS) is 1. The predicted molar refractivity (Wildman–Crippen MR) is 104 cm³/mol. The molecule has 26 heavy (non-hydrogen) atoms. The molecule has 3 N–H and O–H groups in total. The van der Waals surface area contributed by atoms with E-state index < -0.39 is 12.0 Å². The molecule has 0 saturated carbocycles. The van der Waals surface area contributed by atoms with Crippen LogP contribution in [0.4, 0.5) is 16.2 Å². The van der Waals surface area contributed by atoms with Crippen molar-refractivity contribution in [3.05, 3.63) is 23.8 Å². The van der Waals surface area contributed by atoms with Gasteiger partial charge in [-0.15, -0.1) is 0 Å². The Morgan fingerprint density at radius 1 is 0.923 bits per heavy atom. The van der Waals surface area contributed by atoms with Gasteiger partial charge in [0.2, 0.25) is 5.91 Å². The molecule has 6 nitrogen and oxygen atoms in total. The summed E-state index contributed by atoms with van der Waals surface area (Å²) < 4.78 is 0. The molecule has 0 heterocycles. The van der Waals surface area contributed by atoms with Crippen molar-refractivity contribution < 1.29 is 19.5 Å². The normalized spacial score (nSPS) is 10.4. The van der Waals surface area contributed by atoms with Gasteiger partial charge in [0, 0.05) is 6.42 Å². The Morgan fingerprint density at radius 2 is 1.62 bits per heavy atom. The lowest BCUT2D eigenvalue weighted by molar-refractivity contribution is -0.125. The number of unbranched alkanes of at least 4 members (excludes halogenated alkanes) is 4. The maximum atomic E-state index is 12.2. The van der Waals surface area contributed by atoms with Crippen LogP contribution in [0.25, 0.3) is 0 Å². The standard InChI is InChI=1S/C20H30N2O4/c1-3-5-7-9-15-11-12-17(22-20(25)26)18(13-15)21-19(24)14-16(23)10-8-6-4-2/h11-13,22H,3-10,14H2,1-2H3,(H,21,24)(H,25,26). The number of hydrogen-bond acceptors (Lipinski definition) is 3. The lowest BCUT2D eigenvalue weighted by Gasteiger charge is -2.13. The van der Waals surface area contributed by atoms with Crippen molar-refractivity contribution in [1.29, 1.82) is 0 Å². The minimum atomic E-state index is -1.20. The highest BCUT2D eigenvalue weighted by Crippen LogP contribution is 2.25. The zero-order chi connectivity index (χ0) is 19.4. The summed E-state index contributed by atoms with van der Waals surface area (Å²) in [6.45, 7) is 4.19. The van der Waals surface area contributed by atoms with E-state index in [1.54, 1.807) is 12.1 Å². The van der Waals surface area contributed by atoms with Crippen molar-refractivity contribution in [3.8, 4) is 0 Å². The van der Waals surface area contributed by atoms with E-state index in [4.69, 9.17) is 5.11 Å². The predicted octanol–water partition coefficient (Wildman–Crippen LogP) is 4.99. The molecule has 1 rings (SSSR count). The molecule has 0 aliphatic heterocycles. The van der Waals surface area contributed by atoms with Gasteiger partial charge in [0.05, 0.1) is 17.8 Å². The topological polar surface area (TPSA) is 95.5 Å². The Morgan fingerprint density at radius 3 is 2.27 bits per heavy atom. The van der Waals surface area contributed by atoms with Crippen molar-refractivity contribution in [1.82, 2.24) is 0 Å². The lowest BCUT2D eigenvalue weighted by Crippen LogP contribution is -2.18. The summed E-state index contributed by atoms with van der Waals surface area (Å²) in [6, 6.07) is 5.28. The van der Waals surface area contributed by atoms with Crippen LogP contribution in [0, 0.1) is 0 Å². The smallest absolute Gasteiger partial charge is 0.409 e. The molecular formula is C20H30N2O4. The molecule has 0 bridgehead atoms. The quantitative estimate of drug-likeness (QED) is 0.361. The molecule has 0 aliphatic rings. The molecule has 0 aromatic heterocycles. The van der Waals surface area contributed by atoms with E-state index in [0.717, 1.165) is 50.5 Å². The van der Waals surface area contributed by atoms with Crippen molar-refractivity contribution in [2.24, 2.45) is 0 Å². The zero-order valence-electron chi connectivity index (χ0n) is 15.8. The van der Waals surface area contributed by atoms with Gasteiger partial charge in [-0.1, -0.05) is 45.6 Å². The third-order valence-corrected chi connectivity index (χ3v) is 4.09. The summed E-state index contributed by atoms with van der Waals surface area (Å²) in [5.74, 6) is -0.506. The number of carbonyl (C=O) groups is 3. The number of amides is 2. The Kier molecular flexibility index (Phi) is 10.1. The van der Waals surface area contributed by atoms with Crippen LogP contribution in [0.2, 0.25) is 0 Å². The van der Waals surface area contributed by atoms with Crippen molar-refractivity contribution in [2.45, 2.75) is 71.6 Å². The van der Waals surface area contributed by atoms with Crippen LogP contribution in [0.5, 0.6) is 0 Å². The fourth-order valence-corrected chi connectivity index (χ4v) is 2.69. The number of anilines is 2. The van der Waals surface area contributed by atoms with E-state index in [1.165, 1.54) is 0 Å². The van der Waals surface area contributed by atoms with E-state index in [1.807, 2.05) is 6.07 Å². The van der Waals surface area contributed by atoms with Gasteiger partial charge in [0.1, 0.15) is 5.78 Å². The second-order valence-electron chi connectivity index (χ2n) is 6.49. The highest BCUT2D eigenvalue weighted by atomic mass is 16.4. The second-order valence-corrected chi connectivity index (χ2v) is 6.49. The molecule has 2 amide bonds. The summed E-state index contributed by atoms with van der Waals surface area (Å²) >= 11 is 0. The first kappa shape index (κ1) is 21.7. The molecule has 6 heteroatoms. The van der Waals surface area contributed by atoms with Crippen LogP contribution in [0.1, 0.15) is 70.8 Å². The molecule has 0 saturated heterocycles. The highest BCUT2D eigenvalue weighted by molar-refractivity contribution is 6.06. The number of carbonyl (C=O) groups excluding carboxylic acids is 2. The van der Waals surface area contributed by atoms with E-state index in [-0.39, 0.29) is 12.2 Å². The molecule has 0 radical (unpaired) electrons. The highest BCUT2D eigenvalue weighted by Gasteiger charge is 2.13. The summed E-state index contributed by atoms with van der Waals surface area (Å²) in [5.41, 5.74) is 1.73. The van der Waals surface area contributed by atoms with Crippen LogP contribution in [-0.4, -0.2) is 22.9 Å². The van der Waals surface area contributed by atoms with Gasteiger partial charge in [-0.3, -0.25) is 14.9 Å². The lowest BCUT2D eigenvalue weighted by atomic mass is 10.1. The average molecular weight is 362 g/mol. The third kappa shape index (κ3) is 8.65. The molecule has 144 valence electrons. The molecule has 1 aromatic rings. The maximum absolute atomic E-state index is 12.2. The van der Waals surface area contributed by atoms with Gasteiger partial charge >= 0.3 is 6.09 Å². The first-order valence-corrected chi connectivity index (χ1v) is 9.40. The summed E-state index contributed by atoms with van der Waals surface area (Å²) in [5, 5.41) is 13.9. The Balaban J connectivity index is 2.75. The fourth-order valence-electron chi connectivity index (χ4n) is 2.69. The Hall–Kier alpha value is -2.37. The van der Waals surface area contributed by atoms with Gasteiger partial charge in [-0.2, -0.15) is 0 Å². The molecule has 0 atom stereocenters. The van der Waals surface area contributed by atoms with Crippen LogP contribution < -0.4 is 10.6 Å². The number of hydrogen-bond donors (Lipinski definition) is 3. The van der Waals surface area contributed by atoms with E-state index in [0.29, 0.717) is 17.8 Å². The fraction of sp³-hybridized carbons (Fsp3) is 0.550. The van der Waals surface area contributed by atoms with Gasteiger partial charge < -0.3 is 10.4 Å². The molecule has 0 spiro atoms. The average Bonchev–Trinajstić information content (AvgIpc) is 2.57. The number of Topliss-reactive ketones (excluding diaryl/α,β-unsaturated/α-hetero) is 1. The second kappa shape index (κ2) is 12.1. The van der Waals surface area contributed by atoms with E-state index in [9.17, 15) is 14.4 Å². The minimum Gasteiger partial charge on any atom is -0.465 e. The van der Waals surface area contributed by atoms with Crippen LogP contribution >= 0.6 is 0 Å². The summed E-state index contributed by atoms with van der Waals surface area (Å²) in [6.07, 6.45) is 5.93. The Labute approximate surface area is 155 Å². The molecule has 1 aromatic carbocycles. The van der Waals surface area contributed by atoms with Crippen molar-refractivity contribution >= 4 is 29.2 Å². The van der Waals surface area contributed by atoms with Crippen LogP contribution in [-0.2, 0) is 16.0 Å². The summed E-state index contributed by atoms with van der Waals surface area (Å²) in [4.78, 5) is 35.0. The number of benzene rings is 1.